The lowest BCUT2D eigenvalue weighted by Gasteiger charge is -2.14. The first-order chi connectivity index (χ1) is 6.74. The zero-order valence-electron chi connectivity index (χ0n) is 7.80. The lowest BCUT2D eigenvalue weighted by Crippen LogP contribution is -2.32. The summed E-state index contributed by atoms with van der Waals surface area (Å²) in [5.74, 6) is -0.0270. The molecule has 14 heavy (non-hydrogen) atoms. The summed E-state index contributed by atoms with van der Waals surface area (Å²) in [4.78, 5) is 21.9. The van der Waals surface area contributed by atoms with Gasteiger partial charge in [-0.1, -0.05) is 18.2 Å². The van der Waals surface area contributed by atoms with E-state index in [4.69, 9.17) is 0 Å². The molecule has 0 N–H and O–H groups in total. The number of carbonyl (C=O) groups is 1. The van der Waals surface area contributed by atoms with Gasteiger partial charge < -0.3 is 0 Å². The molecule has 1 aliphatic heterocycles. The van der Waals surface area contributed by atoms with Gasteiger partial charge in [0, 0.05) is 6.42 Å². The average molecular weight is 190 g/mol. The van der Waals surface area contributed by atoms with Crippen LogP contribution in [-0.4, -0.2) is 11.8 Å². The van der Waals surface area contributed by atoms with Crippen molar-refractivity contribution in [1.29, 1.82) is 0 Å². The van der Waals surface area contributed by atoms with Gasteiger partial charge >= 0.3 is 0 Å². The second kappa shape index (κ2) is 3.21. The van der Waals surface area contributed by atoms with Gasteiger partial charge in [-0.25, -0.2) is 5.01 Å². The van der Waals surface area contributed by atoms with Crippen LogP contribution in [0.3, 0.4) is 0 Å². The molecule has 1 atom stereocenters. The lowest BCUT2D eigenvalue weighted by atomic mass is 10.1. The predicted molar refractivity (Wildman–Crippen MR) is 52.9 cm³/mol. The van der Waals surface area contributed by atoms with Crippen LogP contribution in [0.5, 0.6) is 0 Å². The number of anilines is 1. The molecule has 0 spiro atoms. The second-order valence-corrected chi connectivity index (χ2v) is 3.39. The highest BCUT2D eigenvalue weighted by molar-refractivity contribution is 5.87. The number of carbonyl (C=O) groups excluding carboxylic acids is 1. The van der Waals surface area contributed by atoms with Gasteiger partial charge in [-0.2, -0.15) is 0 Å². The van der Waals surface area contributed by atoms with Crippen molar-refractivity contribution >= 4 is 11.5 Å². The maximum Gasteiger partial charge on any atom is 0.154 e. The standard InChI is InChI=1S/C10H10N2O2/c1-7(13)10-6-8-4-2-3-5-9(8)12(10)11-14/h2-5,10H,6H2,1H3. The fourth-order valence-electron chi connectivity index (χ4n) is 1.79. The summed E-state index contributed by atoms with van der Waals surface area (Å²) in [7, 11) is 0. The van der Waals surface area contributed by atoms with Gasteiger partial charge in [-0.3, -0.25) is 4.79 Å². The van der Waals surface area contributed by atoms with Crippen LogP contribution in [0.4, 0.5) is 5.69 Å². The molecule has 0 amide bonds. The van der Waals surface area contributed by atoms with Gasteiger partial charge in [-0.15, -0.1) is 4.91 Å². The number of benzene rings is 1. The zero-order valence-corrected chi connectivity index (χ0v) is 7.80. The second-order valence-electron chi connectivity index (χ2n) is 3.39. The van der Waals surface area contributed by atoms with Crippen LogP contribution in [0.15, 0.2) is 29.6 Å². The molecule has 0 aliphatic carbocycles. The van der Waals surface area contributed by atoms with Gasteiger partial charge in [0.2, 0.25) is 0 Å². The van der Waals surface area contributed by atoms with E-state index in [9.17, 15) is 9.70 Å². The molecule has 4 nitrogen and oxygen atoms in total. The van der Waals surface area contributed by atoms with Crippen LogP contribution in [0, 0.1) is 4.91 Å². The minimum atomic E-state index is -0.412. The summed E-state index contributed by atoms with van der Waals surface area (Å²) >= 11 is 0. The number of nitroso groups, excluding NO2 is 1. The molecule has 2 rings (SSSR count). The van der Waals surface area contributed by atoms with Crippen molar-refractivity contribution in [3.8, 4) is 0 Å². The van der Waals surface area contributed by atoms with Crippen molar-refractivity contribution in [3.63, 3.8) is 0 Å². The van der Waals surface area contributed by atoms with Crippen LogP contribution in [0.25, 0.3) is 0 Å². The Morgan fingerprint density at radius 3 is 2.86 bits per heavy atom. The Morgan fingerprint density at radius 1 is 1.50 bits per heavy atom. The third kappa shape index (κ3) is 1.19. The minimum absolute atomic E-state index is 0.0270. The number of nitrogens with zero attached hydrogens (tertiary/aromatic N) is 2. The molecule has 1 aliphatic rings. The first-order valence-corrected chi connectivity index (χ1v) is 4.45. The van der Waals surface area contributed by atoms with Crippen LogP contribution >= 0.6 is 0 Å². The molecule has 0 saturated carbocycles. The van der Waals surface area contributed by atoms with E-state index in [1.54, 1.807) is 6.07 Å². The van der Waals surface area contributed by atoms with Gasteiger partial charge in [0.25, 0.3) is 0 Å². The van der Waals surface area contributed by atoms with E-state index >= 15 is 0 Å². The molecule has 1 aromatic carbocycles. The smallest absolute Gasteiger partial charge is 0.154 e. The summed E-state index contributed by atoms with van der Waals surface area (Å²) in [5.41, 5.74) is 1.76. The largest absolute Gasteiger partial charge is 0.298 e. The predicted octanol–water partition coefficient (Wildman–Crippen LogP) is 1.69. The van der Waals surface area contributed by atoms with Crippen molar-refractivity contribution < 1.29 is 4.79 Å². The number of Topliss-reactive ketones (excluding diaryl/α,β-unsaturated/α-hetero) is 1. The number of hydrogen-bond donors (Lipinski definition) is 0. The maximum atomic E-state index is 11.2. The van der Waals surface area contributed by atoms with Crippen molar-refractivity contribution in [3.05, 3.63) is 34.7 Å². The van der Waals surface area contributed by atoms with Crippen LogP contribution in [-0.2, 0) is 11.2 Å². The van der Waals surface area contributed by atoms with Crippen LogP contribution < -0.4 is 5.01 Å². The summed E-state index contributed by atoms with van der Waals surface area (Å²) in [6.07, 6.45) is 0.581. The Hall–Kier alpha value is -1.71. The highest BCUT2D eigenvalue weighted by Crippen LogP contribution is 2.32. The maximum absolute atomic E-state index is 11.2. The Kier molecular flexibility index (Phi) is 2.04. The molecule has 4 heteroatoms. The van der Waals surface area contributed by atoms with E-state index in [1.165, 1.54) is 11.9 Å². The van der Waals surface area contributed by atoms with Gasteiger partial charge in [0.05, 0.1) is 11.0 Å². The molecular formula is C10H10N2O2. The summed E-state index contributed by atoms with van der Waals surface area (Å²) < 4.78 is 0. The number of hydrogen-bond acceptors (Lipinski definition) is 3. The number of rotatable bonds is 2. The lowest BCUT2D eigenvalue weighted by molar-refractivity contribution is -0.118. The van der Waals surface area contributed by atoms with Crippen molar-refractivity contribution in [2.75, 3.05) is 5.01 Å². The summed E-state index contributed by atoms with van der Waals surface area (Å²) in [6, 6.07) is 7.03. The molecule has 1 heterocycles. The normalized spacial score (nSPS) is 19.2. The molecule has 1 aromatic rings. The Bertz CT molecular complexity index is 389. The third-order valence-corrected chi connectivity index (χ3v) is 2.50. The first kappa shape index (κ1) is 8.87. The molecule has 0 radical (unpaired) electrons. The van der Waals surface area contributed by atoms with Crippen LogP contribution in [0.2, 0.25) is 0 Å². The fourth-order valence-corrected chi connectivity index (χ4v) is 1.79. The van der Waals surface area contributed by atoms with E-state index < -0.39 is 6.04 Å². The average Bonchev–Trinajstić information content (AvgIpc) is 2.56. The quantitative estimate of drug-likeness (QED) is 0.667. The van der Waals surface area contributed by atoms with Crippen molar-refractivity contribution in [1.82, 2.24) is 0 Å². The Balaban J connectivity index is 2.43. The van der Waals surface area contributed by atoms with Crippen molar-refractivity contribution in [2.45, 2.75) is 19.4 Å². The van der Waals surface area contributed by atoms with Crippen LogP contribution in [0.1, 0.15) is 12.5 Å². The van der Waals surface area contributed by atoms with E-state index in [2.05, 4.69) is 5.29 Å². The molecule has 0 bridgehead atoms. The monoisotopic (exact) mass is 190 g/mol. The molecule has 1 unspecified atom stereocenters. The van der Waals surface area contributed by atoms with E-state index in [-0.39, 0.29) is 5.78 Å². The fraction of sp³-hybridized carbons (Fsp3) is 0.300. The number of fused-ring (bicyclic) bond motifs is 1. The molecule has 0 fully saturated rings. The van der Waals surface area contributed by atoms with Gasteiger partial charge in [0.15, 0.2) is 5.78 Å². The Morgan fingerprint density at radius 2 is 2.21 bits per heavy atom. The number of para-hydroxylation sites is 1. The van der Waals surface area contributed by atoms with Gasteiger partial charge in [0.1, 0.15) is 6.04 Å². The SMILES string of the molecule is CC(=O)C1Cc2ccccc2N1N=O. The minimum Gasteiger partial charge on any atom is -0.298 e. The highest BCUT2D eigenvalue weighted by atomic mass is 16.3. The van der Waals surface area contributed by atoms with E-state index in [0.29, 0.717) is 6.42 Å². The molecule has 0 saturated heterocycles. The zero-order chi connectivity index (χ0) is 10.1. The summed E-state index contributed by atoms with van der Waals surface area (Å²) in [6.45, 7) is 1.48. The van der Waals surface area contributed by atoms with E-state index in [1.807, 2.05) is 18.2 Å². The number of ketones is 1. The summed E-state index contributed by atoms with van der Waals surface area (Å²) in [5, 5.41) is 4.16. The topological polar surface area (TPSA) is 49.7 Å². The third-order valence-electron chi connectivity index (χ3n) is 2.50. The Labute approximate surface area is 81.5 Å². The van der Waals surface area contributed by atoms with E-state index in [0.717, 1.165) is 11.3 Å². The molecule has 72 valence electrons. The molecule has 0 aromatic heterocycles. The first-order valence-electron chi connectivity index (χ1n) is 4.45. The van der Waals surface area contributed by atoms with Gasteiger partial charge in [-0.05, 0) is 18.6 Å². The highest BCUT2D eigenvalue weighted by Gasteiger charge is 2.33. The molecular weight excluding hydrogens is 180 g/mol. The van der Waals surface area contributed by atoms with Crippen molar-refractivity contribution in [2.24, 2.45) is 5.29 Å².